The van der Waals surface area contributed by atoms with E-state index in [0.717, 1.165) is 19.5 Å². The second-order valence-corrected chi connectivity index (χ2v) is 2.21. The number of nitrogens with two attached hydrogens (primary N) is 1. The normalized spacial score (nSPS) is 16.7. The van der Waals surface area contributed by atoms with E-state index in [0.29, 0.717) is 6.54 Å². The number of rotatable bonds is 3. The van der Waals surface area contributed by atoms with Crippen LogP contribution in [-0.4, -0.2) is 25.8 Å². The Morgan fingerprint density at radius 2 is 2.60 bits per heavy atom. The van der Waals surface area contributed by atoms with Crippen molar-refractivity contribution < 1.29 is 0 Å². The molecule has 1 aliphatic rings. The minimum absolute atomic E-state index is 0.689. The molecule has 3 nitrogen and oxygen atoms in total. The van der Waals surface area contributed by atoms with Gasteiger partial charge in [0.05, 0.1) is 0 Å². The molecule has 0 saturated carbocycles. The molecule has 1 rings (SSSR count). The van der Waals surface area contributed by atoms with Gasteiger partial charge in [-0.3, -0.25) is 4.99 Å². The Labute approximate surface area is 61.0 Å². The van der Waals surface area contributed by atoms with Gasteiger partial charge in [0.2, 0.25) is 0 Å². The zero-order chi connectivity index (χ0) is 7.23. The summed E-state index contributed by atoms with van der Waals surface area (Å²) in [5.74, 6) is 0. The molecule has 0 fully saturated rings. The van der Waals surface area contributed by atoms with Crippen molar-refractivity contribution in [2.24, 2.45) is 10.7 Å². The predicted octanol–water partition coefficient (Wildman–Crippen LogP) is -0.107. The monoisotopic (exact) mass is 139 g/mol. The van der Waals surface area contributed by atoms with Crippen molar-refractivity contribution >= 4 is 6.21 Å². The Morgan fingerprint density at radius 3 is 3.20 bits per heavy atom. The first-order valence-corrected chi connectivity index (χ1v) is 3.56. The van der Waals surface area contributed by atoms with Gasteiger partial charge in [-0.05, 0) is 6.08 Å². The molecule has 0 saturated heterocycles. The molecular weight excluding hydrogens is 126 g/mol. The minimum atomic E-state index is 0.689. The third-order valence-corrected chi connectivity index (χ3v) is 1.39. The van der Waals surface area contributed by atoms with Gasteiger partial charge in [0.25, 0.3) is 0 Å². The Hall–Kier alpha value is -0.830. The maximum absolute atomic E-state index is 5.32. The molecule has 0 atom stereocenters. The summed E-state index contributed by atoms with van der Waals surface area (Å²) in [5.41, 5.74) is 6.57. The van der Waals surface area contributed by atoms with Crippen LogP contribution in [0.15, 0.2) is 16.8 Å². The third-order valence-electron chi connectivity index (χ3n) is 1.39. The van der Waals surface area contributed by atoms with Crippen molar-refractivity contribution in [1.82, 2.24) is 5.32 Å². The van der Waals surface area contributed by atoms with Crippen LogP contribution in [0.3, 0.4) is 0 Å². The van der Waals surface area contributed by atoms with Gasteiger partial charge in [-0.25, -0.2) is 0 Å². The van der Waals surface area contributed by atoms with E-state index in [1.807, 2.05) is 12.3 Å². The predicted molar refractivity (Wildman–Crippen MR) is 43.1 cm³/mol. The van der Waals surface area contributed by atoms with Crippen LogP contribution in [-0.2, 0) is 0 Å². The first kappa shape index (κ1) is 7.28. The molecule has 0 amide bonds. The highest BCUT2D eigenvalue weighted by Crippen LogP contribution is 1.99. The zero-order valence-corrected chi connectivity index (χ0v) is 6.01. The number of nitrogens with one attached hydrogen (secondary N) is 1. The highest BCUT2D eigenvalue weighted by Gasteiger charge is 1.96. The van der Waals surface area contributed by atoms with Crippen LogP contribution in [0.5, 0.6) is 0 Å². The molecule has 10 heavy (non-hydrogen) atoms. The summed E-state index contributed by atoms with van der Waals surface area (Å²) in [7, 11) is 0. The van der Waals surface area contributed by atoms with Crippen molar-refractivity contribution in [1.29, 1.82) is 0 Å². The van der Waals surface area contributed by atoms with E-state index in [1.54, 1.807) is 0 Å². The quantitative estimate of drug-likeness (QED) is 0.573. The summed E-state index contributed by atoms with van der Waals surface area (Å²) in [6.07, 6.45) is 4.86. The lowest BCUT2D eigenvalue weighted by atomic mass is 10.2. The van der Waals surface area contributed by atoms with E-state index < -0.39 is 0 Å². The van der Waals surface area contributed by atoms with Gasteiger partial charge in [0.1, 0.15) is 0 Å². The van der Waals surface area contributed by atoms with Crippen LogP contribution in [0.25, 0.3) is 0 Å². The van der Waals surface area contributed by atoms with Crippen LogP contribution >= 0.6 is 0 Å². The number of hydrogen-bond acceptors (Lipinski definition) is 3. The topological polar surface area (TPSA) is 50.4 Å². The van der Waals surface area contributed by atoms with Crippen LogP contribution in [0.1, 0.15) is 6.42 Å². The molecule has 0 aromatic carbocycles. The second kappa shape index (κ2) is 4.06. The van der Waals surface area contributed by atoms with Crippen LogP contribution in [0.4, 0.5) is 0 Å². The highest BCUT2D eigenvalue weighted by molar-refractivity contribution is 5.72. The van der Waals surface area contributed by atoms with E-state index in [9.17, 15) is 0 Å². The summed E-state index contributed by atoms with van der Waals surface area (Å²) < 4.78 is 0. The Balaban J connectivity index is 2.25. The van der Waals surface area contributed by atoms with E-state index in [2.05, 4.69) is 10.3 Å². The highest BCUT2D eigenvalue weighted by atomic mass is 14.9. The molecule has 0 bridgehead atoms. The number of aliphatic imine (C=N–C) groups is 1. The Bertz CT molecular complexity index is 149. The van der Waals surface area contributed by atoms with Crippen molar-refractivity contribution in [3.63, 3.8) is 0 Å². The largest absolute Gasteiger partial charge is 0.387 e. The molecule has 0 aromatic rings. The smallest absolute Gasteiger partial charge is 0.0443 e. The first-order chi connectivity index (χ1) is 4.93. The summed E-state index contributed by atoms with van der Waals surface area (Å²) in [4.78, 5) is 4.06. The fourth-order valence-electron chi connectivity index (χ4n) is 0.866. The summed E-state index contributed by atoms with van der Waals surface area (Å²) in [5, 5.41) is 3.22. The molecule has 0 unspecified atom stereocenters. The van der Waals surface area contributed by atoms with Gasteiger partial charge in [0.15, 0.2) is 0 Å². The van der Waals surface area contributed by atoms with Crippen molar-refractivity contribution in [3.8, 4) is 0 Å². The van der Waals surface area contributed by atoms with E-state index >= 15 is 0 Å². The number of dihydropyridines is 1. The third kappa shape index (κ3) is 2.19. The van der Waals surface area contributed by atoms with E-state index in [-0.39, 0.29) is 0 Å². The minimum Gasteiger partial charge on any atom is -0.387 e. The molecule has 0 aromatic heterocycles. The van der Waals surface area contributed by atoms with E-state index in [1.165, 1.54) is 5.70 Å². The van der Waals surface area contributed by atoms with E-state index in [4.69, 9.17) is 5.73 Å². The molecule has 1 aliphatic heterocycles. The van der Waals surface area contributed by atoms with Crippen LogP contribution in [0.2, 0.25) is 0 Å². The van der Waals surface area contributed by atoms with Gasteiger partial charge >= 0.3 is 0 Å². The summed E-state index contributed by atoms with van der Waals surface area (Å²) in [6, 6.07) is 0. The molecule has 0 aliphatic carbocycles. The molecule has 3 N–H and O–H groups in total. The van der Waals surface area contributed by atoms with Crippen LogP contribution < -0.4 is 11.1 Å². The van der Waals surface area contributed by atoms with Crippen molar-refractivity contribution in [2.45, 2.75) is 6.42 Å². The SMILES string of the molecule is NCCNC1=CC=NCC1. The van der Waals surface area contributed by atoms with Crippen molar-refractivity contribution in [2.75, 3.05) is 19.6 Å². The molecule has 0 spiro atoms. The Morgan fingerprint density at radius 1 is 1.70 bits per heavy atom. The fourth-order valence-corrected chi connectivity index (χ4v) is 0.866. The van der Waals surface area contributed by atoms with Gasteiger partial charge in [-0.2, -0.15) is 0 Å². The van der Waals surface area contributed by atoms with Crippen LogP contribution in [0, 0.1) is 0 Å². The molecule has 56 valence electrons. The average molecular weight is 139 g/mol. The maximum atomic E-state index is 5.32. The molecule has 3 heteroatoms. The first-order valence-electron chi connectivity index (χ1n) is 3.56. The van der Waals surface area contributed by atoms with Gasteiger partial charge in [-0.1, -0.05) is 0 Å². The number of nitrogens with zero attached hydrogens (tertiary/aromatic N) is 1. The average Bonchev–Trinajstić information content (AvgIpc) is 2.03. The molecule has 0 radical (unpaired) electrons. The lowest BCUT2D eigenvalue weighted by molar-refractivity contribution is 0.744. The number of allylic oxidation sites excluding steroid dienone is 1. The van der Waals surface area contributed by atoms with Gasteiger partial charge in [-0.15, -0.1) is 0 Å². The van der Waals surface area contributed by atoms with Crippen molar-refractivity contribution in [3.05, 3.63) is 11.8 Å². The van der Waals surface area contributed by atoms with Gasteiger partial charge < -0.3 is 11.1 Å². The number of hydrogen-bond donors (Lipinski definition) is 2. The maximum Gasteiger partial charge on any atom is 0.0443 e. The lowest BCUT2D eigenvalue weighted by Gasteiger charge is -2.09. The van der Waals surface area contributed by atoms with Gasteiger partial charge in [0, 0.05) is 38.0 Å². The zero-order valence-electron chi connectivity index (χ0n) is 6.01. The second-order valence-electron chi connectivity index (χ2n) is 2.21. The standard InChI is InChI=1S/C7H13N3/c8-3-6-10-7-1-4-9-5-2-7/h1,4,10H,2-3,5-6,8H2. The Kier molecular flexibility index (Phi) is 2.96. The summed E-state index contributed by atoms with van der Waals surface area (Å²) in [6.45, 7) is 2.46. The molecule has 1 heterocycles. The summed E-state index contributed by atoms with van der Waals surface area (Å²) >= 11 is 0. The molecular formula is C7H13N3. The fraction of sp³-hybridized carbons (Fsp3) is 0.571. The lowest BCUT2D eigenvalue weighted by Crippen LogP contribution is -2.23.